The van der Waals surface area contributed by atoms with Gasteiger partial charge in [0.1, 0.15) is 11.9 Å². The van der Waals surface area contributed by atoms with E-state index in [0.717, 1.165) is 5.56 Å². The summed E-state index contributed by atoms with van der Waals surface area (Å²) >= 11 is 0. The third-order valence-corrected chi connectivity index (χ3v) is 7.35. The molecule has 0 bridgehead atoms. The monoisotopic (exact) mass is 574 g/mol. The van der Waals surface area contributed by atoms with Crippen LogP contribution in [0.15, 0.2) is 72.8 Å². The summed E-state index contributed by atoms with van der Waals surface area (Å²) in [4.78, 5) is 41.0. The topological polar surface area (TPSA) is 131 Å². The van der Waals surface area contributed by atoms with Gasteiger partial charge in [0.2, 0.25) is 5.91 Å². The number of likely N-dealkylation sites (N-methyl/N-ethyl adjacent to an activating group) is 1. The zero-order chi connectivity index (χ0) is 30.2. The minimum Gasteiger partial charge on any atom is -0.488 e. The van der Waals surface area contributed by atoms with Crippen LogP contribution in [0.3, 0.4) is 0 Å². The van der Waals surface area contributed by atoms with E-state index in [1.807, 2.05) is 39.1 Å². The van der Waals surface area contributed by atoms with Crippen LogP contribution < -0.4 is 15.4 Å². The normalized spacial score (nSPS) is 17.7. The van der Waals surface area contributed by atoms with E-state index in [9.17, 15) is 24.6 Å². The van der Waals surface area contributed by atoms with Crippen molar-refractivity contribution < 1.29 is 29.3 Å². The lowest BCUT2D eigenvalue weighted by Gasteiger charge is -2.34. The van der Waals surface area contributed by atoms with Gasteiger partial charge >= 0.3 is 12.0 Å². The summed E-state index contributed by atoms with van der Waals surface area (Å²) in [5.41, 5.74) is 3.02. The number of ether oxygens (including phenoxy) is 1. The van der Waals surface area contributed by atoms with E-state index in [2.05, 4.69) is 15.5 Å². The minimum absolute atomic E-state index is 0.0563. The second kappa shape index (κ2) is 14.0. The molecule has 3 aromatic carbocycles. The lowest BCUT2D eigenvalue weighted by atomic mass is 10.0. The zero-order valence-electron chi connectivity index (χ0n) is 24.1. The highest BCUT2D eigenvalue weighted by Gasteiger charge is 2.31. The summed E-state index contributed by atoms with van der Waals surface area (Å²) in [7, 11) is 1.96. The molecule has 4 N–H and O–H groups in total. The van der Waals surface area contributed by atoms with Gasteiger partial charge in [-0.05, 0) is 62.0 Å². The van der Waals surface area contributed by atoms with E-state index in [4.69, 9.17) is 4.74 Å². The number of hydrogen-bond donors (Lipinski definition) is 4. The number of fused-ring (bicyclic) bond motifs is 1. The number of para-hydroxylation sites is 1. The third-order valence-electron chi connectivity index (χ3n) is 7.35. The van der Waals surface area contributed by atoms with Gasteiger partial charge in [0.15, 0.2) is 0 Å². The molecule has 222 valence electrons. The van der Waals surface area contributed by atoms with Gasteiger partial charge in [0, 0.05) is 42.5 Å². The van der Waals surface area contributed by atoms with Crippen molar-refractivity contribution in [1.29, 1.82) is 0 Å². The number of carbonyl (C=O) groups is 3. The van der Waals surface area contributed by atoms with Gasteiger partial charge in [-0.1, -0.05) is 37.3 Å². The molecule has 3 atom stereocenters. The summed E-state index contributed by atoms with van der Waals surface area (Å²) < 4.78 is 6.56. The van der Waals surface area contributed by atoms with Crippen LogP contribution in [0.25, 0.3) is 0 Å². The lowest BCUT2D eigenvalue weighted by Crippen LogP contribution is -2.47. The molecule has 10 nitrogen and oxygen atoms in total. The van der Waals surface area contributed by atoms with Crippen LogP contribution >= 0.6 is 0 Å². The van der Waals surface area contributed by atoms with Crippen molar-refractivity contribution in [3.05, 3.63) is 89.5 Å². The maximum atomic E-state index is 13.5. The number of carboxylic acids is 1. The average molecular weight is 575 g/mol. The first-order valence-electron chi connectivity index (χ1n) is 14.0. The summed E-state index contributed by atoms with van der Waals surface area (Å²) in [5, 5.41) is 24.7. The van der Waals surface area contributed by atoms with Crippen LogP contribution in [0.1, 0.15) is 35.3 Å². The van der Waals surface area contributed by atoms with Crippen LogP contribution in [0.4, 0.5) is 16.2 Å². The number of nitrogens with one attached hydrogen (secondary N) is 2. The molecule has 0 radical (unpaired) electrons. The van der Waals surface area contributed by atoms with Crippen molar-refractivity contribution in [1.82, 2.24) is 9.80 Å². The number of urea groups is 1. The van der Waals surface area contributed by atoms with Crippen LogP contribution in [-0.2, 0) is 17.8 Å². The zero-order valence-corrected chi connectivity index (χ0v) is 24.1. The average Bonchev–Trinajstić information content (AvgIpc) is 3.00. The number of carboxylic acid groups (broad SMARTS) is 1. The summed E-state index contributed by atoms with van der Waals surface area (Å²) in [6.45, 7) is 5.21. The van der Waals surface area contributed by atoms with E-state index in [1.54, 1.807) is 59.5 Å². The van der Waals surface area contributed by atoms with E-state index in [1.165, 1.54) is 0 Å². The Kier molecular flexibility index (Phi) is 10.2. The molecule has 0 fully saturated rings. The highest BCUT2D eigenvalue weighted by Crippen LogP contribution is 2.29. The molecular weight excluding hydrogens is 536 g/mol. The molecule has 0 aromatic heterocycles. The van der Waals surface area contributed by atoms with E-state index < -0.39 is 12.0 Å². The van der Waals surface area contributed by atoms with Crippen molar-refractivity contribution in [2.45, 2.75) is 39.0 Å². The number of carbonyl (C=O) groups excluding carboxylic acids is 2. The first-order chi connectivity index (χ1) is 20.1. The van der Waals surface area contributed by atoms with Gasteiger partial charge in [-0.25, -0.2) is 9.59 Å². The van der Waals surface area contributed by atoms with E-state index in [0.29, 0.717) is 42.3 Å². The summed E-state index contributed by atoms with van der Waals surface area (Å²) in [6.07, 6.45) is -0.243. The van der Waals surface area contributed by atoms with Crippen molar-refractivity contribution >= 4 is 29.3 Å². The predicted molar refractivity (Wildman–Crippen MR) is 161 cm³/mol. The molecule has 3 amide bonds. The number of amides is 3. The summed E-state index contributed by atoms with van der Waals surface area (Å²) in [5.74, 6) is -0.605. The Morgan fingerprint density at radius 3 is 2.40 bits per heavy atom. The number of aliphatic hydroxyl groups excluding tert-OH is 1. The SMILES string of the molecule is C[C@@H]1CN([C@H](C)CO)C(=O)Cc2cc(NC(=O)Nc3ccccc3)ccc2O[C@@H]1CN(C)Cc1ccc(C(=O)O)cc1. The number of aromatic carboxylic acids is 1. The highest BCUT2D eigenvalue weighted by molar-refractivity contribution is 6.00. The Morgan fingerprint density at radius 2 is 1.74 bits per heavy atom. The van der Waals surface area contributed by atoms with E-state index in [-0.39, 0.29) is 42.6 Å². The van der Waals surface area contributed by atoms with Crippen molar-refractivity contribution in [3.63, 3.8) is 0 Å². The molecule has 0 saturated heterocycles. The first kappa shape index (κ1) is 30.5. The summed E-state index contributed by atoms with van der Waals surface area (Å²) in [6, 6.07) is 20.4. The third kappa shape index (κ3) is 8.08. The van der Waals surface area contributed by atoms with Crippen LogP contribution in [-0.4, -0.2) is 76.8 Å². The standard InChI is InChI=1S/C32H38N4O6/c1-21-17-36(22(2)20-37)30(38)16-25-15-27(34-32(41)33-26-7-5-4-6-8-26)13-14-28(25)42-29(21)19-35(3)18-23-9-11-24(12-10-23)31(39)40/h4-15,21-22,29,37H,16-20H2,1-3H3,(H,39,40)(H2,33,34,41)/t21-,22-,29-/m1/s1. The van der Waals surface area contributed by atoms with E-state index >= 15 is 0 Å². The van der Waals surface area contributed by atoms with Crippen molar-refractivity contribution in [3.8, 4) is 5.75 Å². The quantitative estimate of drug-likeness (QED) is 0.300. The molecule has 42 heavy (non-hydrogen) atoms. The first-order valence-corrected chi connectivity index (χ1v) is 14.0. The van der Waals surface area contributed by atoms with Gasteiger partial charge in [-0.2, -0.15) is 0 Å². The second-order valence-electron chi connectivity index (χ2n) is 10.9. The van der Waals surface area contributed by atoms with Gasteiger partial charge in [0.25, 0.3) is 0 Å². The molecule has 0 saturated carbocycles. The maximum Gasteiger partial charge on any atom is 0.335 e. The Balaban J connectivity index is 1.55. The second-order valence-corrected chi connectivity index (χ2v) is 10.9. The number of benzene rings is 3. The van der Waals surface area contributed by atoms with Crippen molar-refractivity contribution in [2.75, 3.05) is 37.4 Å². The molecule has 0 aliphatic carbocycles. The maximum absolute atomic E-state index is 13.5. The Morgan fingerprint density at radius 1 is 1.05 bits per heavy atom. The predicted octanol–water partition coefficient (Wildman–Crippen LogP) is 4.31. The smallest absolute Gasteiger partial charge is 0.335 e. The molecule has 0 unspecified atom stereocenters. The molecule has 0 spiro atoms. The van der Waals surface area contributed by atoms with Gasteiger partial charge in [-0.15, -0.1) is 0 Å². The van der Waals surface area contributed by atoms with Gasteiger partial charge in [0.05, 0.1) is 24.6 Å². The molecule has 4 rings (SSSR count). The largest absolute Gasteiger partial charge is 0.488 e. The molecule has 10 heteroatoms. The molecule has 3 aromatic rings. The number of hydrogen-bond acceptors (Lipinski definition) is 6. The van der Waals surface area contributed by atoms with Crippen LogP contribution in [0, 0.1) is 5.92 Å². The fraction of sp³-hybridized carbons (Fsp3) is 0.344. The van der Waals surface area contributed by atoms with Crippen LogP contribution in [0.2, 0.25) is 0 Å². The molecular formula is C32H38N4O6. The number of rotatable bonds is 9. The Bertz CT molecular complexity index is 1380. The lowest BCUT2D eigenvalue weighted by molar-refractivity contribution is -0.134. The minimum atomic E-state index is -0.965. The van der Waals surface area contributed by atoms with Gasteiger partial charge < -0.3 is 30.5 Å². The molecule has 1 aliphatic heterocycles. The Labute approximate surface area is 245 Å². The number of anilines is 2. The number of aliphatic hydroxyl groups is 1. The molecule has 1 heterocycles. The van der Waals surface area contributed by atoms with Gasteiger partial charge in [-0.3, -0.25) is 9.69 Å². The fourth-order valence-electron chi connectivity index (χ4n) is 4.98. The van der Waals surface area contributed by atoms with Crippen LogP contribution in [0.5, 0.6) is 5.75 Å². The Hall–Kier alpha value is -4.41. The van der Waals surface area contributed by atoms with Crippen molar-refractivity contribution in [2.24, 2.45) is 5.92 Å². The molecule has 1 aliphatic rings. The fourth-order valence-corrected chi connectivity index (χ4v) is 4.98. The number of nitrogens with zero attached hydrogens (tertiary/aromatic N) is 2. The highest BCUT2D eigenvalue weighted by atomic mass is 16.5.